The second-order valence-corrected chi connectivity index (χ2v) is 3.27. The molecule has 16 heavy (non-hydrogen) atoms. The molecule has 1 rings (SSSR count). The molecule has 1 aromatic carbocycles. The van der Waals surface area contributed by atoms with Gasteiger partial charge < -0.3 is 0 Å². The maximum atomic E-state index is 10.7. The molecule has 1 aromatic rings. The molecule has 0 radical (unpaired) electrons. The van der Waals surface area contributed by atoms with Crippen LogP contribution in [0, 0.1) is 22.0 Å². The van der Waals surface area contributed by atoms with E-state index in [0.29, 0.717) is 24.2 Å². The van der Waals surface area contributed by atoms with E-state index < -0.39 is 4.92 Å². The Morgan fingerprint density at radius 2 is 2.25 bits per heavy atom. The first-order valence-electron chi connectivity index (χ1n) is 4.47. The summed E-state index contributed by atoms with van der Waals surface area (Å²) in [4.78, 5) is 20.6. The van der Waals surface area contributed by atoms with Crippen LogP contribution in [-0.2, 0) is 0 Å². The van der Waals surface area contributed by atoms with Gasteiger partial charge in [0.1, 0.15) is 0 Å². The molecule has 0 bridgehead atoms. The summed E-state index contributed by atoms with van der Waals surface area (Å²) in [5.74, 6) is 5.92. The van der Waals surface area contributed by atoms with Crippen LogP contribution < -0.4 is 0 Å². The molecule has 0 aliphatic rings. The van der Waals surface area contributed by atoms with E-state index in [1.54, 1.807) is 0 Å². The van der Waals surface area contributed by atoms with Gasteiger partial charge in [-0.2, -0.15) is 0 Å². The van der Waals surface area contributed by atoms with Crippen LogP contribution in [0.3, 0.4) is 0 Å². The van der Waals surface area contributed by atoms with Gasteiger partial charge in [-0.3, -0.25) is 14.9 Å². The minimum absolute atomic E-state index is 0.120. The number of carbonyl (C=O) groups is 1. The number of hydrogen-bond acceptors (Lipinski definition) is 3. The fraction of sp³-hybridized carbons (Fsp3) is 0.182. The van der Waals surface area contributed by atoms with Gasteiger partial charge in [-0.1, -0.05) is 11.8 Å². The normalized spacial score (nSPS) is 9.06. The fourth-order valence-corrected chi connectivity index (χ4v) is 1.17. The van der Waals surface area contributed by atoms with E-state index in [9.17, 15) is 14.9 Å². The highest BCUT2D eigenvalue weighted by atomic mass is 35.5. The van der Waals surface area contributed by atoms with E-state index in [1.807, 2.05) is 0 Å². The number of nitrogens with zero attached hydrogens (tertiary/aromatic N) is 1. The maximum Gasteiger partial charge on any atom is 0.270 e. The van der Waals surface area contributed by atoms with Gasteiger partial charge in [-0.25, -0.2) is 0 Å². The van der Waals surface area contributed by atoms with Gasteiger partial charge in [-0.05, 0) is 6.07 Å². The number of benzene rings is 1. The van der Waals surface area contributed by atoms with Crippen molar-refractivity contribution in [2.24, 2.45) is 0 Å². The average molecular weight is 238 g/mol. The lowest BCUT2D eigenvalue weighted by Gasteiger charge is -1.96. The van der Waals surface area contributed by atoms with Crippen molar-refractivity contribution in [1.82, 2.24) is 0 Å². The molecule has 0 saturated heterocycles. The standard InChI is InChI=1S/C11H8ClNO3/c12-6-2-1-3-9-4-5-11(13(15)16)7-10(9)8-14/h4-5,7-8H,2,6H2. The van der Waals surface area contributed by atoms with Crippen LogP contribution in [-0.4, -0.2) is 17.1 Å². The van der Waals surface area contributed by atoms with Crippen LogP contribution in [0.4, 0.5) is 5.69 Å². The van der Waals surface area contributed by atoms with Crippen molar-refractivity contribution >= 4 is 23.6 Å². The van der Waals surface area contributed by atoms with Crippen LogP contribution in [0.15, 0.2) is 18.2 Å². The molecule has 0 heterocycles. The lowest BCUT2D eigenvalue weighted by Crippen LogP contribution is -1.93. The Labute approximate surface area is 97.4 Å². The average Bonchev–Trinajstić information content (AvgIpc) is 2.29. The Morgan fingerprint density at radius 3 is 2.81 bits per heavy atom. The highest BCUT2D eigenvalue weighted by Crippen LogP contribution is 2.15. The number of halogens is 1. The van der Waals surface area contributed by atoms with E-state index in [-0.39, 0.29) is 11.3 Å². The Bertz CT molecular complexity index is 474. The molecular formula is C11H8ClNO3. The molecule has 0 amide bonds. The van der Waals surface area contributed by atoms with Crippen molar-refractivity contribution in [2.45, 2.75) is 6.42 Å². The van der Waals surface area contributed by atoms with E-state index in [2.05, 4.69) is 11.8 Å². The predicted octanol–water partition coefficient (Wildman–Crippen LogP) is 2.39. The number of hydrogen-bond donors (Lipinski definition) is 0. The summed E-state index contributed by atoms with van der Waals surface area (Å²) in [6, 6.07) is 3.98. The third kappa shape index (κ3) is 3.07. The lowest BCUT2D eigenvalue weighted by atomic mass is 10.1. The number of nitro groups is 1. The van der Waals surface area contributed by atoms with Crippen molar-refractivity contribution in [3.05, 3.63) is 39.4 Å². The van der Waals surface area contributed by atoms with Crippen molar-refractivity contribution in [2.75, 3.05) is 5.88 Å². The molecule has 0 saturated carbocycles. The first-order chi connectivity index (χ1) is 7.69. The first-order valence-corrected chi connectivity index (χ1v) is 5.01. The van der Waals surface area contributed by atoms with Crippen molar-refractivity contribution in [1.29, 1.82) is 0 Å². The number of carbonyl (C=O) groups excluding carboxylic acids is 1. The van der Waals surface area contributed by atoms with Gasteiger partial charge in [0, 0.05) is 35.6 Å². The summed E-state index contributed by atoms with van der Waals surface area (Å²) in [6.45, 7) is 0. The zero-order valence-electron chi connectivity index (χ0n) is 8.27. The molecule has 0 aliphatic carbocycles. The Hall–Kier alpha value is -1.86. The number of nitro benzene ring substituents is 1. The monoisotopic (exact) mass is 237 g/mol. The quantitative estimate of drug-likeness (QED) is 0.267. The largest absolute Gasteiger partial charge is 0.298 e. The van der Waals surface area contributed by atoms with Gasteiger partial charge in [0.25, 0.3) is 5.69 Å². The smallest absolute Gasteiger partial charge is 0.270 e. The summed E-state index contributed by atoms with van der Waals surface area (Å²) in [7, 11) is 0. The predicted molar refractivity (Wildman–Crippen MR) is 60.7 cm³/mol. The summed E-state index contributed by atoms with van der Waals surface area (Å²) >= 11 is 5.45. The van der Waals surface area contributed by atoms with Crippen LogP contribution >= 0.6 is 11.6 Å². The summed E-state index contributed by atoms with van der Waals surface area (Å²) in [5.41, 5.74) is 0.576. The summed E-state index contributed by atoms with van der Waals surface area (Å²) < 4.78 is 0. The molecule has 4 nitrogen and oxygen atoms in total. The van der Waals surface area contributed by atoms with Crippen LogP contribution in [0.5, 0.6) is 0 Å². The molecule has 0 spiro atoms. The van der Waals surface area contributed by atoms with E-state index >= 15 is 0 Å². The van der Waals surface area contributed by atoms with Gasteiger partial charge >= 0.3 is 0 Å². The van der Waals surface area contributed by atoms with Gasteiger partial charge in [0.2, 0.25) is 0 Å². The Morgan fingerprint density at radius 1 is 1.50 bits per heavy atom. The zero-order valence-corrected chi connectivity index (χ0v) is 9.03. The molecule has 0 unspecified atom stereocenters. The first kappa shape index (κ1) is 12.2. The highest BCUT2D eigenvalue weighted by Gasteiger charge is 2.08. The molecule has 0 aromatic heterocycles. The van der Waals surface area contributed by atoms with Crippen molar-refractivity contribution < 1.29 is 9.72 Å². The highest BCUT2D eigenvalue weighted by molar-refractivity contribution is 6.18. The molecular weight excluding hydrogens is 230 g/mol. The van der Waals surface area contributed by atoms with E-state index in [1.165, 1.54) is 18.2 Å². The van der Waals surface area contributed by atoms with Gasteiger partial charge in [0.15, 0.2) is 6.29 Å². The SMILES string of the molecule is O=Cc1cc([N+](=O)[O-])ccc1C#CCCCl. The fourth-order valence-electron chi connectivity index (χ4n) is 1.08. The number of rotatable bonds is 3. The van der Waals surface area contributed by atoms with Crippen LogP contribution in [0.1, 0.15) is 22.3 Å². The van der Waals surface area contributed by atoms with Gasteiger partial charge in [-0.15, -0.1) is 11.6 Å². The topological polar surface area (TPSA) is 60.2 Å². The molecule has 0 aliphatic heterocycles. The molecule has 5 heteroatoms. The van der Waals surface area contributed by atoms with Gasteiger partial charge in [0.05, 0.1) is 4.92 Å². The second kappa shape index (κ2) is 5.89. The molecule has 0 N–H and O–H groups in total. The molecule has 82 valence electrons. The Kier molecular flexibility index (Phi) is 4.49. The zero-order chi connectivity index (χ0) is 12.0. The summed E-state index contributed by atoms with van der Waals surface area (Å²) in [6.07, 6.45) is 1.06. The van der Waals surface area contributed by atoms with E-state index in [0.717, 1.165) is 0 Å². The summed E-state index contributed by atoms with van der Waals surface area (Å²) in [5, 5.41) is 10.5. The number of non-ortho nitro benzene ring substituents is 1. The van der Waals surface area contributed by atoms with E-state index in [4.69, 9.17) is 11.6 Å². The van der Waals surface area contributed by atoms with Crippen LogP contribution in [0.25, 0.3) is 0 Å². The Balaban J connectivity index is 3.08. The molecule has 0 atom stereocenters. The van der Waals surface area contributed by atoms with Crippen molar-refractivity contribution in [3.63, 3.8) is 0 Å². The third-order valence-electron chi connectivity index (χ3n) is 1.82. The third-order valence-corrected chi connectivity index (χ3v) is 2.00. The van der Waals surface area contributed by atoms with Crippen LogP contribution in [0.2, 0.25) is 0 Å². The minimum atomic E-state index is -0.553. The maximum absolute atomic E-state index is 10.7. The number of alkyl halides is 1. The second-order valence-electron chi connectivity index (χ2n) is 2.89. The molecule has 0 fully saturated rings. The minimum Gasteiger partial charge on any atom is -0.298 e. The van der Waals surface area contributed by atoms with Crippen molar-refractivity contribution in [3.8, 4) is 11.8 Å². The lowest BCUT2D eigenvalue weighted by molar-refractivity contribution is -0.384. The number of aldehydes is 1.